The molecule has 5 heteroatoms. The van der Waals surface area contributed by atoms with Gasteiger partial charge in [0.15, 0.2) is 0 Å². The molecule has 1 aliphatic carbocycles. The Hall–Kier alpha value is -1.36. The normalized spacial score (nSPS) is 17.5. The lowest BCUT2D eigenvalue weighted by atomic mass is 9.72. The molecule has 0 aliphatic heterocycles. The second-order valence-corrected chi connectivity index (χ2v) is 8.41. The quantitative estimate of drug-likeness (QED) is 0.812. The van der Waals surface area contributed by atoms with Gasteiger partial charge in [-0.3, -0.25) is 9.59 Å². The van der Waals surface area contributed by atoms with Crippen LogP contribution in [0.25, 0.3) is 0 Å². The average Bonchev–Trinajstić information content (AvgIpc) is 2.88. The molecule has 1 atom stereocenters. The molecular formula is C18H28N2O2S. The summed E-state index contributed by atoms with van der Waals surface area (Å²) in [4.78, 5) is 24.5. The van der Waals surface area contributed by atoms with Crippen LogP contribution in [-0.4, -0.2) is 24.9 Å². The van der Waals surface area contributed by atoms with E-state index in [4.69, 9.17) is 0 Å². The zero-order valence-electron chi connectivity index (χ0n) is 14.6. The lowest BCUT2D eigenvalue weighted by molar-refractivity contribution is -0.118. The van der Waals surface area contributed by atoms with E-state index in [1.54, 1.807) is 11.3 Å². The van der Waals surface area contributed by atoms with Crippen molar-refractivity contribution in [2.45, 2.75) is 53.4 Å². The number of hydrogen-bond acceptors (Lipinski definition) is 3. The molecule has 1 aliphatic rings. The maximum absolute atomic E-state index is 12.4. The van der Waals surface area contributed by atoms with Gasteiger partial charge in [0.1, 0.15) is 0 Å². The Labute approximate surface area is 143 Å². The topological polar surface area (TPSA) is 58.2 Å². The molecule has 1 unspecified atom stereocenters. The molecule has 0 fully saturated rings. The highest BCUT2D eigenvalue weighted by molar-refractivity contribution is 7.10. The van der Waals surface area contributed by atoms with Crippen molar-refractivity contribution in [3.8, 4) is 0 Å². The molecule has 0 saturated carbocycles. The lowest BCUT2D eigenvalue weighted by Crippen LogP contribution is -2.30. The van der Waals surface area contributed by atoms with E-state index in [2.05, 4.69) is 31.4 Å². The summed E-state index contributed by atoms with van der Waals surface area (Å²) in [5.74, 6) is 0.693. The maximum Gasteiger partial charge on any atom is 0.252 e. The first-order chi connectivity index (χ1) is 10.8. The fourth-order valence-corrected chi connectivity index (χ4v) is 4.25. The van der Waals surface area contributed by atoms with E-state index < -0.39 is 0 Å². The fourth-order valence-electron chi connectivity index (χ4n) is 3.09. The Morgan fingerprint density at radius 3 is 2.61 bits per heavy atom. The first-order valence-corrected chi connectivity index (χ1v) is 9.29. The number of hydrogen-bond donors (Lipinski definition) is 2. The molecule has 1 heterocycles. The lowest BCUT2D eigenvalue weighted by Gasteiger charge is -2.34. The van der Waals surface area contributed by atoms with Crippen molar-refractivity contribution in [3.05, 3.63) is 21.4 Å². The summed E-state index contributed by atoms with van der Waals surface area (Å²) in [5, 5.41) is 7.71. The maximum atomic E-state index is 12.4. The van der Waals surface area contributed by atoms with Crippen molar-refractivity contribution in [2.75, 3.05) is 13.1 Å². The number of nitrogens with one attached hydrogen (secondary N) is 2. The molecule has 0 saturated heterocycles. The van der Waals surface area contributed by atoms with Gasteiger partial charge >= 0.3 is 0 Å². The molecule has 128 valence electrons. The van der Waals surface area contributed by atoms with E-state index in [9.17, 15) is 9.59 Å². The third-order valence-electron chi connectivity index (χ3n) is 4.64. The summed E-state index contributed by atoms with van der Waals surface area (Å²) in [5.41, 5.74) is 2.44. The number of rotatable bonds is 5. The van der Waals surface area contributed by atoms with Crippen LogP contribution in [0.4, 0.5) is 0 Å². The fraction of sp³-hybridized carbons (Fsp3) is 0.667. The third-order valence-corrected chi connectivity index (χ3v) is 5.69. The summed E-state index contributed by atoms with van der Waals surface area (Å²) in [7, 11) is 0. The predicted molar refractivity (Wildman–Crippen MR) is 94.9 cm³/mol. The van der Waals surface area contributed by atoms with Gasteiger partial charge in [-0.2, -0.15) is 0 Å². The SMILES string of the molecule is CC(=O)NCCCNC(=O)c1csc2c1CCC(C(C)(C)C)C2. The number of thiophene rings is 1. The van der Waals surface area contributed by atoms with E-state index in [0.717, 1.165) is 31.2 Å². The van der Waals surface area contributed by atoms with Gasteiger partial charge in [-0.05, 0) is 42.6 Å². The van der Waals surface area contributed by atoms with Crippen LogP contribution in [0.5, 0.6) is 0 Å². The van der Waals surface area contributed by atoms with Gasteiger partial charge in [0.25, 0.3) is 5.91 Å². The average molecular weight is 337 g/mol. The summed E-state index contributed by atoms with van der Waals surface area (Å²) >= 11 is 1.73. The van der Waals surface area contributed by atoms with Crippen molar-refractivity contribution >= 4 is 23.2 Å². The number of fused-ring (bicyclic) bond motifs is 1. The summed E-state index contributed by atoms with van der Waals surface area (Å²) in [6.07, 6.45) is 4.02. The number of carbonyl (C=O) groups excluding carboxylic acids is 2. The monoisotopic (exact) mass is 336 g/mol. The van der Waals surface area contributed by atoms with E-state index in [0.29, 0.717) is 24.4 Å². The van der Waals surface area contributed by atoms with Crippen molar-refractivity contribution < 1.29 is 9.59 Å². The van der Waals surface area contributed by atoms with Crippen LogP contribution in [0.1, 0.15) is 61.3 Å². The first-order valence-electron chi connectivity index (χ1n) is 8.41. The number of carbonyl (C=O) groups is 2. The van der Waals surface area contributed by atoms with Crippen molar-refractivity contribution in [2.24, 2.45) is 11.3 Å². The third kappa shape index (κ3) is 4.80. The minimum atomic E-state index is -0.0309. The summed E-state index contributed by atoms with van der Waals surface area (Å²) in [6, 6.07) is 0. The van der Waals surface area contributed by atoms with Crippen LogP contribution in [-0.2, 0) is 17.6 Å². The van der Waals surface area contributed by atoms with Gasteiger partial charge in [-0.25, -0.2) is 0 Å². The van der Waals surface area contributed by atoms with Crippen LogP contribution in [0.15, 0.2) is 5.38 Å². The zero-order chi connectivity index (χ0) is 17.0. The molecular weight excluding hydrogens is 308 g/mol. The van der Waals surface area contributed by atoms with Gasteiger partial charge in [-0.15, -0.1) is 11.3 Å². The highest BCUT2D eigenvalue weighted by Crippen LogP contribution is 2.40. The summed E-state index contributed by atoms with van der Waals surface area (Å²) in [6.45, 7) is 9.61. The van der Waals surface area contributed by atoms with E-state index in [1.807, 2.05) is 5.38 Å². The molecule has 0 spiro atoms. The van der Waals surface area contributed by atoms with E-state index >= 15 is 0 Å². The van der Waals surface area contributed by atoms with Crippen LogP contribution >= 0.6 is 11.3 Å². The highest BCUT2D eigenvalue weighted by Gasteiger charge is 2.31. The molecule has 2 amide bonds. The first kappa shape index (κ1) is 18.0. The van der Waals surface area contributed by atoms with E-state index in [1.165, 1.54) is 17.4 Å². The molecule has 1 aromatic rings. The molecule has 23 heavy (non-hydrogen) atoms. The Kier molecular flexibility index (Phi) is 5.84. The molecule has 0 radical (unpaired) electrons. The van der Waals surface area contributed by atoms with E-state index in [-0.39, 0.29) is 11.8 Å². The van der Waals surface area contributed by atoms with Crippen molar-refractivity contribution in [1.29, 1.82) is 0 Å². The highest BCUT2D eigenvalue weighted by atomic mass is 32.1. The molecule has 1 aromatic heterocycles. The zero-order valence-corrected chi connectivity index (χ0v) is 15.4. The Morgan fingerprint density at radius 2 is 1.96 bits per heavy atom. The van der Waals surface area contributed by atoms with Gasteiger partial charge in [0.2, 0.25) is 5.91 Å². The minimum absolute atomic E-state index is 0.0273. The Morgan fingerprint density at radius 1 is 1.26 bits per heavy atom. The minimum Gasteiger partial charge on any atom is -0.356 e. The van der Waals surface area contributed by atoms with Crippen LogP contribution < -0.4 is 10.6 Å². The van der Waals surface area contributed by atoms with Crippen molar-refractivity contribution in [3.63, 3.8) is 0 Å². The largest absolute Gasteiger partial charge is 0.356 e. The van der Waals surface area contributed by atoms with Gasteiger partial charge < -0.3 is 10.6 Å². The second-order valence-electron chi connectivity index (χ2n) is 7.45. The van der Waals surface area contributed by atoms with Gasteiger partial charge in [0, 0.05) is 30.3 Å². The summed E-state index contributed by atoms with van der Waals surface area (Å²) < 4.78 is 0. The molecule has 0 aromatic carbocycles. The molecule has 0 bridgehead atoms. The standard InChI is InChI=1S/C18H28N2O2S/c1-12(21)19-8-5-9-20-17(22)15-11-23-16-10-13(18(2,3)4)6-7-14(15)16/h11,13H,5-10H2,1-4H3,(H,19,21)(H,20,22). The van der Waals surface area contributed by atoms with Crippen LogP contribution in [0, 0.1) is 11.3 Å². The molecule has 2 rings (SSSR count). The molecule has 4 nitrogen and oxygen atoms in total. The Balaban J connectivity index is 1.89. The Bertz CT molecular complexity index is 572. The van der Waals surface area contributed by atoms with Gasteiger partial charge in [-0.1, -0.05) is 20.8 Å². The predicted octanol–water partition coefficient (Wildman–Crippen LogP) is 3.16. The van der Waals surface area contributed by atoms with Crippen LogP contribution in [0.2, 0.25) is 0 Å². The molecule has 2 N–H and O–H groups in total. The van der Waals surface area contributed by atoms with Crippen molar-refractivity contribution in [1.82, 2.24) is 10.6 Å². The second kappa shape index (κ2) is 7.47. The smallest absolute Gasteiger partial charge is 0.252 e. The number of amides is 2. The van der Waals surface area contributed by atoms with Crippen LogP contribution in [0.3, 0.4) is 0 Å². The van der Waals surface area contributed by atoms with Gasteiger partial charge in [0.05, 0.1) is 5.56 Å².